The Kier molecular flexibility index (Phi) is 5.50. The smallest absolute Gasteiger partial charge is 0.341 e. The van der Waals surface area contributed by atoms with Crippen molar-refractivity contribution in [2.24, 2.45) is 0 Å². The second-order valence-corrected chi connectivity index (χ2v) is 6.16. The number of nitriles is 1. The molecular weight excluding hydrogens is 383 g/mol. The van der Waals surface area contributed by atoms with Gasteiger partial charge in [0.15, 0.2) is 0 Å². The van der Waals surface area contributed by atoms with Crippen LogP contribution in [0.4, 0.5) is 13.2 Å². The Bertz CT molecular complexity index is 1110. The second-order valence-electron chi connectivity index (χ2n) is 6.16. The average molecular weight is 397 g/mol. The van der Waals surface area contributed by atoms with Gasteiger partial charge in [0.2, 0.25) is 0 Å². The maximum Gasteiger partial charge on any atom is 0.431 e. The summed E-state index contributed by atoms with van der Waals surface area (Å²) in [5.74, 6) is -0.821. The lowest BCUT2D eigenvalue weighted by Gasteiger charge is -2.20. The first-order chi connectivity index (χ1) is 13.8. The van der Waals surface area contributed by atoms with Crippen molar-refractivity contribution in [3.63, 3.8) is 0 Å². The van der Waals surface area contributed by atoms with Crippen LogP contribution in [-0.4, -0.2) is 10.9 Å². The van der Waals surface area contributed by atoms with Crippen molar-refractivity contribution in [1.82, 2.24) is 10.3 Å². The molecule has 1 atom stereocenters. The van der Waals surface area contributed by atoms with Crippen molar-refractivity contribution in [3.8, 4) is 6.07 Å². The lowest BCUT2D eigenvalue weighted by molar-refractivity contribution is -0.141. The van der Waals surface area contributed by atoms with Crippen LogP contribution < -0.4 is 10.9 Å². The Morgan fingerprint density at radius 3 is 2.14 bits per heavy atom. The van der Waals surface area contributed by atoms with E-state index in [0.29, 0.717) is 22.8 Å². The van der Waals surface area contributed by atoms with Crippen molar-refractivity contribution < 1.29 is 18.0 Å². The first kappa shape index (κ1) is 19.9. The Balaban J connectivity index is 1.95. The number of H-pyrrole nitrogens is 1. The molecule has 0 aliphatic rings. The maximum absolute atomic E-state index is 12.7. The van der Waals surface area contributed by atoms with E-state index in [-0.39, 0.29) is 0 Å². The molecular formula is C21H14F3N3O2. The molecule has 1 amide bonds. The molecule has 29 heavy (non-hydrogen) atoms. The molecule has 0 saturated carbocycles. The number of amides is 1. The number of aromatic nitrogens is 1. The van der Waals surface area contributed by atoms with E-state index in [2.05, 4.69) is 5.32 Å². The molecule has 5 nitrogen and oxygen atoms in total. The van der Waals surface area contributed by atoms with E-state index in [4.69, 9.17) is 5.26 Å². The standard InChI is InChI=1S/C21H14F3N3O2/c22-21(23,24)17-11-10-16(19(28)26-17)20(29)27-18(14-4-2-1-3-5-14)15-8-6-13(12-25)7-9-15/h1-11,18H,(H,26,28)(H,27,29). The van der Waals surface area contributed by atoms with E-state index in [1.54, 1.807) is 59.6 Å². The fourth-order valence-corrected chi connectivity index (χ4v) is 2.78. The van der Waals surface area contributed by atoms with Crippen molar-refractivity contribution in [2.75, 3.05) is 0 Å². The molecule has 146 valence electrons. The molecule has 2 N–H and O–H groups in total. The SMILES string of the molecule is N#Cc1ccc(C(NC(=O)c2ccc(C(F)(F)F)[nH]c2=O)c2ccccc2)cc1. The van der Waals surface area contributed by atoms with E-state index in [9.17, 15) is 22.8 Å². The van der Waals surface area contributed by atoms with Crippen molar-refractivity contribution in [3.05, 3.63) is 105 Å². The van der Waals surface area contributed by atoms with Gasteiger partial charge in [0.25, 0.3) is 11.5 Å². The number of hydrogen-bond donors (Lipinski definition) is 2. The number of halogens is 3. The summed E-state index contributed by atoms with van der Waals surface area (Å²) in [6.07, 6.45) is -4.72. The van der Waals surface area contributed by atoms with Crippen LogP contribution in [0.2, 0.25) is 0 Å². The summed E-state index contributed by atoms with van der Waals surface area (Å²) in [5.41, 5.74) is -1.02. The normalized spacial score (nSPS) is 12.1. The fraction of sp³-hybridized carbons (Fsp3) is 0.0952. The molecule has 0 aliphatic carbocycles. The Hall–Kier alpha value is -3.86. The number of rotatable bonds is 4. The number of nitrogens with zero attached hydrogens (tertiary/aromatic N) is 1. The molecule has 0 saturated heterocycles. The summed E-state index contributed by atoms with van der Waals surface area (Å²) in [7, 11) is 0. The summed E-state index contributed by atoms with van der Waals surface area (Å²) < 4.78 is 38.2. The van der Waals surface area contributed by atoms with E-state index >= 15 is 0 Å². The summed E-state index contributed by atoms with van der Waals surface area (Å²) in [5, 5.41) is 11.6. The van der Waals surface area contributed by atoms with E-state index in [1.807, 2.05) is 6.07 Å². The lowest BCUT2D eigenvalue weighted by atomic mass is 9.97. The molecule has 8 heteroatoms. The van der Waals surface area contributed by atoms with Gasteiger partial charge in [-0.05, 0) is 35.4 Å². The minimum atomic E-state index is -4.72. The van der Waals surface area contributed by atoms with Crippen LogP contribution in [0, 0.1) is 11.3 Å². The highest BCUT2D eigenvalue weighted by Crippen LogP contribution is 2.27. The highest BCUT2D eigenvalue weighted by molar-refractivity contribution is 5.94. The number of pyridine rings is 1. The topological polar surface area (TPSA) is 85.8 Å². The minimum Gasteiger partial charge on any atom is -0.341 e. The first-order valence-electron chi connectivity index (χ1n) is 8.46. The van der Waals surface area contributed by atoms with Crippen LogP contribution >= 0.6 is 0 Å². The number of hydrogen-bond acceptors (Lipinski definition) is 3. The number of nitrogens with one attached hydrogen (secondary N) is 2. The molecule has 1 heterocycles. The third-order valence-electron chi connectivity index (χ3n) is 4.24. The zero-order chi connectivity index (χ0) is 21.0. The molecule has 0 fully saturated rings. The fourth-order valence-electron chi connectivity index (χ4n) is 2.78. The van der Waals surface area contributed by atoms with Gasteiger partial charge >= 0.3 is 6.18 Å². The molecule has 0 spiro atoms. The van der Waals surface area contributed by atoms with Crippen LogP contribution in [-0.2, 0) is 6.18 Å². The summed E-state index contributed by atoms with van der Waals surface area (Å²) in [6, 6.07) is 18.2. The van der Waals surface area contributed by atoms with Gasteiger partial charge in [-0.15, -0.1) is 0 Å². The number of carbonyl (C=O) groups excluding carboxylic acids is 1. The van der Waals surface area contributed by atoms with Crippen molar-refractivity contribution in [1.29, 1.82) is 5.26 Å². The van der Waals surface area contributed by atoms with Crippen LogP contribution in [0.25, 0.3) is 0 Å². The molecule has 0 radical (unpaired) electrons. The zero-order valence-corrected chi connectivity index (χ0v) is 14.8. The third-order valence-corrected chi connectivity index (χ3v) is 4.24. The van der Waals surface area contributed by atoms with Gasteiger partial charge in [0.1, 0.15) is 11.3 Å². The van der Waals surface area contributed by atoms with E-state index in [1.165, 1.54) is 0 Å². The quantitative estimate of drug-likeness (QED) is 0.703. The van der Waals surface area contributed by atoms with Gasteiger partial charge in [-0.3, -0.25) is 9.59 Å². The largest absolute Gasteiger partial charge is 0.431 e. The van der Waals surface area contributed by atoms with E-state index < -0.39 is 34.9 Å². The second kappa shape index (κ2) is 8.02. The predicted octanol–water partition coefficient (Wildman–Crippen LogP) is 3.78. The monoisotopic (exact) mass is 397 g/mol. The number of aromatic amines is 1. The number of alkyl halides is 3. The predicted molar refractivity (Wildman–Crippen MR) is 99.0 cm³/mol. The highest BCUT2D eigenvalue weighted by Gasteiger charge is 2.32. The van der Waals surface area contributed by atoms with Gasteiger partial charge in [-0.1, -0.05) is 42.5 Å². The molecule has 1 unspecified atom stereocenters. The van der Waals surface area contributed by atoms with Crippen LogP contribution in [0.3, 0.4) is 0 Å². The maximum atomic E-state index is 12.7. The van der Waals surface area contributed by atoms with Crippen LogP contribution in [0.1, 0.15) is 38.8 Å². The molecule has 1 aromatic heterocycles. The molecule has 3 aromatic rings. The summed E-state index contributed by atoms with van der Waals surface area (Å²) in [6.45, 7) is 0. The molecule has 2 aromatic carbocycles. The minimum absolute atomic E-state index is 0.436. The number of benzene rings is 2. The Labute approximate surface area is 163 Å². The molecule has 0 bridgehead atoms. The third kappa shape index (κ3) is 4.52. The molecule has 0 aliphatic heterocycles. The average Bonchev–Trinajstić information content (AvgIpc) is 2.72. The highest BCUT2D eigenvalue weighted by atomic mass is 19.4. The zero-order valence-electron chi connectivity index (χ0n) is 14.8. The van der Waals surface area contributed by atoms with Gasteiger partial charge in [0.05, 0.1) is 17.7 Å². The van der Waals surface area contributed by atoms with E-state index in [0.717, 1.165) is 6.07 Å². The van der Waals surface area contributed by atoms with Crippen LogP contribution in [0.5, 0.6) is 0 Å². The Morgan fingerprint density at radius 2 is 1.59 bits per heavy atom. The van der Waals surface area contributed by atoms with Gasteiger partial charge in [0, 0.05) is 0 Å². The van der Waals surface area contributed by atoms with Gasteiger partial charge in [-0.25, -0.2) is 0 Å². The molecule has 3 rings (SSSR count). The first-order valence-corrected chi connectivity index (χ1v) is 8.46. The van der Waals surface area contributed by atoms with Crippen molar-refractivity contribution in [2.45, 2.75) is 12.2 Å². The number of carbonyl (C=O) groups is 1. The Morgan fingerprint density at radius 1 is 0.966 bits per heavy atom. The van der Waals surface area contributed by atoms with Gasteiger partial charge in [-0.2, -0.15) is 18.4 Å². The van der Waals surface area contributed by atoms with Crippen LogP contribution in [0.15, 0.2) is 71.5 Å². The lowest BCUT2D eigenvalue weighted by Crippen LogP contribution is -2.34. The van der Waals surface area contributed by atoms with Crippen molar-refractivity contribution >= 4 is 5.91 Å². The van der Waals surface area contributed by atoms with Gasteiger partial charge < -0.3 is 10.3 Å². The summed E-state index contributed by atoms with van der Waals surface area (Å²) in [4.78, 5) is 26.3. The summed E-state index contributed by atoms with van der Waals surface area (Å²) >= 11 is 0.